The van der Waals surface area contributed by atoms with Gasteiger partial charge in [-0.05, 0) is 23.9 Å². The molecule has 4 heteroatoms. The Kier molecular flexibility index (Phi) is 1.82. The summed E-state index contributed by atoms with van der Waals surface area (Å²) in [5.74, 6) is 0.676. The van der Waals surface area contributed by atoms with Crippen molar-refractivity contribution in [1.29, 1.82) is 0 Å². The van der Waals surface area contributed by atoms with Crippen molar-refractivity contribution in [1.82, 2.24) is 9.97 Å². The fraction of sp³-hybridized carbons (Fsp3) is 0.0909. The van der Waals surface area contributed by atoms with E-state index in [4.69, 9.17) is 4.42 Å². The number of hydrogen-bond donors (Lipinski definition) is 0. The van der Waals surface area contributed by atoms with Crippen LogP contribution in [0.1, 0.15) is 5.56 Å². The van der Waals surface area contributed by atoms with Crippen LogP contribution in [0.2, 0.25) is 0 Å². The van der Waals surface area contributed by atoms with Gasteiger partial charge < -0.3 is 4.42 Å². The second-order valence-corrected chi connectivity index (χ2v) is 4.40. The average Bonchev–Trinajstić information content (AvgIpc) is 2.86. The van der Waals surface area contributed by atoms with Gasteiger partial charge in [-0.15, -0.1) is 11.3 Å². The number of rotatable bonds is 1. The van der Waals surface area contributed by atoms with Gasteiger partial charge in [0.1, 0.15) is 6.26 Å². The normalized spacial score (nSPS) is 11.0. The predicted octanol–water partition coefficient (Wildman–Crippen LogP) is 3.26. The Labute approximate surface area is 90.4 Å². The Morgan fingerprint density at radius 2 is 2.27 bits per heavy atom. The molecule has 0 unspecified atom stereocenters. The summed E-state index contributed by atoms with van der Waals surface area (Å²) in [5, 5.41) is 1.23. The summed E-state index contributed by atoms with van der Waals surface area (Å²) in [7, 11) is 0. The maximum Gasteiger partial charge on any atom is 0.236 e. The third-order valence-corrected chi connectivity index (χ3v) is 3.35. The Bertz CT molecular complexity index is 598. The maximum absolute atomic E-state index is 5.27. The summed E-state index contributed by atoms with van der Waals surface area (Å²) in [6, 6.07) is 2.10. The summed E-state index contributed by atoms with van der Waals surface area (Å²) in [4.78, 5) is 9.35. The van der Waals surface area contributed by atoms with E-state index in [1.807, 2.05) is 12.4 Å². The fourth-order valence-corrected chi connectivity index (χ4v) is 2.59. The van der Waals surface area contributed by atoms with E-state index in [-0.39, 0.29) is 0 Å². The van der Waals surface area contributed by atoms with Crippen LogP contribution < -0.4 is 0 Å². The number of aromatic nitrogens is 2. The van der Waals surface area contributed by atoms with Gasteiger partial charge in [0.2, 0.25) is 5.89 Å². The van der Waals surface area contributed by atoms with Crippen LogP contribution >= 0.6 is 11.3 Å². The Morgan fingerprint density at radius 3 is 3.00 bits per heavy atom. The van der Waals surface area contributed by atoms with Gasteiger partial charge in [-0.25, -0.2) is 4.98 Å². The van der Waals surface area contributed by atoms with Crippen LogP contribution in [0.3, 0.4) is 0 Å². The molecule has 0 bridgehead atoms. The lowest BCUT2D eigenvalue weighted by Crippen LogP contribution is -1.74. The Hall–Kier alpha value is -1.68. The SMILES string of the molecule is Cc1cncc2sc(-c3ncco3)cc12. The van der Waals surface area contributed by atoms with Crippen molar-refractivity contribution in [3.05, 3.63) is 36.5 Å². The van der Waals surface area contributed by atoms with Gasteiger partial charge in [0.15, 0.2) is 0 Å². The zero-order valence-electron chi connectivity index (χ0n) is 8.10. The van der Waals surface area contributed by atoms with Crippen molar-refractivity contribution in [2.75, 3.05) is 0 Å². The smallest absolute Gasteiger partial charge is 0.236 e. The molecule has 3 rings (SSSR count). The highest BCUT2D eigenvalue weighted by atomic mass is 32.1. The molecule has 3 heterocycles. The largest absolute Gasteiger partial charge is 0.444 e. The highest BCUT2D eigenvalue weighted by Crippen LogP contribution is 2.33. The van der Waals surface area contributed by atoms with Crippen molar-refractivity contribution >= 4 is 21.4 Å². The minimum Gasteiger partial charge on any atom is -0.444 e. The first kappa shape index (κ1) is 8.61. The third kappa shape index (κ3) is 1.34. The Morgan fingerprint density at radius 1 is 1.33 bits per heavy atom. The zero-order chi connectivity index (χ0) is 10.3. The molecule has 3 aromatic heterocycles. The topological polar surface area (TPSA) is 38.9 Å². The molecule has 0 aliphatic rings. The van der Waals surface area contributed by atoms with E-state index < -0.39 is 0 Å². The summed E-state index contributed by atoms with van der Waals surface area (Å²) in [6.45, 7) is 2.06. The molecule has 0 N–H and O–H groups in total. The first-order chi connectivity index (χ1) is 7.34. The van der Waals surface area contributed by atoms with Crippen LogP contribution in [0.25, 0.3) is 20.9 Å². The number of pyridine rings is 1. The lowest BCUT2D eigenvalue weighted by molar-refractivity contribution is 0.576. The Balaban J connectivity index is 2.27. The highest BCUT2D eigenvalue weighted by Gasteiger charge is 2.08. The summed E-state index contributed by atoms with van der Waals surface area (Å²) in [5.41, 5.74) is 1.18. The second kappa shape index (κ2) is 3.17. The van der Waals surface area contributed by atoms with Crippen LogP contribution in [0.5, 0.6) is 0 Å². The van der Waals surface area contributed by atoms with Gasteiger partial charge in [-0.3, -0.25) is 4.98 Å². The predicted molar refractivity (Wildman–Crippen MR) is 59.9 cm³/mol. The molecular weight excluding hydrogens is 208 g/mol. The second-order valence-electron chi connectivity index (χ2n) is 3.32. The molecule has 0 amide bonds. The number of fused-ring (bicyclic) bond motifs is 1. The summed E-state index contributed by atoms with van der Waals surface area (Å²) >= 11 is 1.65. The van der Waals surface area contributed by atoms with Crippen molar-refractivity contribution < 1.29 is 4.42 Å². The van der Waals surface area contributed by atoms with Crippen LogP contribution in [-0.2, 0) is 0 Å². The first-order valence-electron chi connectivity index (χ1n) is 4.58. The van der Waals surface area contributed by atoms with Crippen LogP contribution in [0, 0.1) is 6.92 Å². The van der Waals surface area contributed by atoms with Gasteiger partial charge in [-0.2, -0.15) is 0 Å². The van der Waals surface area contributed by atoms with Gasteiger partial charge >= 0.3 is 0 Å². The van der Waals surface area contributed by atoms with Crippen molar-refractivity contribution in [2.45, 2.75) is 6.92 Å². The van der Waals surface area contributed by atoms with Crippen molar-refractivity contribution in [3.8, 4) is 10.8 Å². The first-order valence-corrected chi connectivity index (χ1v) is 5.40. The monoisotopic (exact) mass is 216 g/mol. The molecule has 0 saturated heterocycles. The molecule has 0 aliphatic carbocycles. The molecule has 0 radical (unpaired) electrons. The van der Waals surface area contributed by atoms with Gasteiger partial charge in [0.25, 0.3) is 0 Å². The number of thiophene rings is 1. The number of oxazole rings is 1. The fourth-order valence-electron chi connectivity index (χ4n) is 1.55. The van der Waals surface area contributed by atoms with E-state index in [2.05, 4.69) is 23.0 Å². The number of aryl methyl sites for hydroxylation is 1. The van der Waals surface area contributed by atoms with E-state index in [1.54, 1.807) is 23.8 Å². The lowest BCUT2D eigenvalue weighted by Gasteiger charge is -1.90. The summed E-state index contributed by atoms with van der Waals surface area (Å²) in [6.07, 6.45) is 6.99. The average molecular weight is 216 g/mol. The van der Waals surface area contributed by atoms with Gasteiger partial charge in [-0.1, -0.05) is 0 Å². The van der Waals surface area contributed by atoms with Crippen LogP contribution in [0.15, 0.2) is 35.3 Å². The molecule has 3 aromatic rings. The van der Waals surface area contributed by atoms with E-state index in [1.165, 1.54) is 15.6 Å². The molecule has 0 atom stereocenters. The van der Waals surface area contributed by atoms with E-state index >= 15 is 0 Å². The van der Waals surface area contributed by atoms with E-state index in [0.717, 1.165) is 4.88 Å². The molecule has 0 spiro atoms. The minimum atomic E-state index is 0.676. The van der Waals surface area contributed by atoms with Crippen LogP contribution in [-0.4, -0.2) is 9.97 Å². The van der Waals surface area contributed by atoms with Crippen molar-refractivity contribution in [2.24, 2.45) is 0 Å². The van der Waals surface area contributed by atoms with Crippen molar-refractivity contribution in [3.63, 3.8) is 0 Å². The molecule has 3 nitrogen and oxygen atoms in total. The van der Waals surface area contributed by atoms with Gasteiger partial charge in [0, 0.05) is 12.4 Å². The van der Waals surface area contributed by atoms with E-state index in [0.29, 0.717) is 5.89 Å². The molecule has 0 fully saturated rings. The molecule has 0 aliphatic heterocycles. The molecule has 74 valence electrons. The van der Waals surface area contributed by atoms with E-state index in [9.17, 15) is 0 Å². The zero-order valence-corrected chi connectivity index (χ0v) is 8.91. The molecule has 15 heavy (non-hydrogen) atoms. The maximum atomic E-state index is 5.27. The lowest BCUT2D eigenvalue weighted by atomic mass is 10.2. The molecular formula is C11H8N2OS. The highest BCUT2D eigenvalue weighted by molar-refractivity contribution is 7.22. The molecule has 0 aromatic carbocycles. The summed E-state index contributed by atoms with van der Waals surface area (Å²) < 4.78 is 6.44. The quantitative estimate of drug-likeness (QED) is 0.626. The minimum absolute atomic E-state index is 0.676. The third-order valence-electron chi connectivity index (χ3n) is 2.29. The number of hydrogen-bond acceptors (Lipinski definition) is 4. The van der Waals surface area contributed by atoms with Crippen LogP contribution in [0.4, 0.5) is 0 Å². The van der Waals surface area contributed by atoms with Gasteiger partial charge in [0.05, 0.1) is 15.8 Å². The standard InChI is InChI=1S/C11H8N2OS/c1-7-5-12-6-10-8(7)4-9(15-10)11-13-2-3-14-11/h2-6H,1H3. The molecule has 0 saturated carbocycles. The number of nitrogens with zero attached hydrogens (tertiary/aromatic N) is 2.